The van der Waals surface area contributed by atoms with E-state index in [1.54, 1.807) is 6.92 Å². The number of esters is 2. The summed E-state index contributed by atoms with van der Waals surface area (Å²) in [7, 11) is 0. The van der Waals surface area contributed by atoms with Crippen LogP contribution in [0.5, 0.6) is 0 Å². The van der Waals surface area contributed by atoms with E-state index >= 15 is 0 Å². The largest absolute Gasteiger partial charge is 0.463 e. The Balaban J connectivity index is 0. The lowest BCUT2D eigenvalue weighted by Crippen LogP contribution is -2.05. The predicted octanol–water partition coefficient (Wildman–Crippen LogP) is 12.8. The minimum Gasteiger partial charge on any atom is -0.463 e. The highest BCUT2D eigenvalue weighted by molar-refractivity contribution is 5.86. The smallest absolute Gasteiger partial charge is 0.333 e. The number of unbranched alkanes of at least 4 members (excludes halogenated alkanes) is 26. The van der Waals surface area contributed by atoms with Gasteiger partial charge in [0.1, 0.15) is 0 Å². The second-order valence-electron chi connectivity index (χ2n) is 12.5. The second kappa shape index (κ2) is 38.4. The van der Waals surface area contributed by atoms with E-state index in [4.69, 9.17) is 9.47 Å². The maximum absolute atomic E-state index is 11.2. The van der Waals surface area contributed by atoms with Gasteiger partial charge in [0.25, 0.3) is 0 Å². The van der Waals surface area contributed by atoms with Crippen molar-refractivity contribution >= 4 is 11.9 Å². The van der Waals surface area contributed by atoms with Crippen LogP contribution < -0.4 is 0 Å². The third-order valence-electron chi connectivity index (χ3n) is 7.99. The minimum absolute atomic E-state index is 0.255. The van der Waals surface area contributed by atoms with Crippen molar-refractivity contribution in [2.75, 3.05) is 13.2 Å². The fourth-order valence-electron chi connectivity index (χ4n) is 5.11. The van der Waals surface area contributed by atoms with Gasteiger partial charge in [-0.15, -0.1) is 0 Å². The van der Waals surface area contributed by atoms with Crippen molar-refractivity contribution in [3.05, 3.63) is 24.8 Å². The number of hydrogen-bond donors (Lipinski definition) is 0. The van der Waals surface area contributed by atoms with Crippen LogP contribution in [0.15, 0.2) is 24.8 Å². The van der Waals surface area contributed by atoms with Crippen LogP contribution in [0, 0.1) is 0 Å². The fourth-order valence-corrected chi connectivity index (χ4v) is 5.11. The number of rotatable bonds is 32. The first-order valence-electron chi connectivity index (χ1n) is 18.6. The molecule has 0 saturated heterocycles. The zero-order chi connectivity index (χ0) is 32.1. The van der Waals surface area contributed by atoms with Gasteiger partial charge in [0.15, 0.2) is 0 Å². The van der Waals surface area contributed by atoms with Crippen molar-refractivity contribution in [2.24, 2.45) is 0 Å². The van der Waals surface area contributed by atoms with E-state index in [-0.39, 0.29) is 11.9 Å². The first kappa shape index (κ1) is 43.5. The molecule has 254 valence electrons. The molecule has 0 fully saturated rings. The van der Waals surface area contributed by atoms with Crippen LogP contribution in [0.25, 0.3) is 0 Å². The van der Waals surface area contributed by atoms with E-state index in [2.05, 4.69) is 27.0 Å². The van der Waals surface area contributed by atoms with Gasteiger partial charge in [0.05, 0.1) is 13.2 Å². The molecule has 0 atom stereocenters. The standard InChI is InChI=1S/C20H38O2.C19H36O2/c1-4-5-6-7-8-9-10-11-12-13-14-15-16-17-18-22-20(21)19(2)3;1-3-5-6-7-8-9-10-11-12-13-14-15-16-17-18-21-19(20)4-2/h2,4-18H2,1,3H3;4H,2-3,5-18H2,1H3. The molecule has 0 spiro atoms. The zero-order valence-corrected chi connectivity index (χ0v) is 29.3. The molecule has 0 amide bonds. The molecule has 0 saturated carbocycles. The fraction of sp³-hybridized carbons (Fsp3) is 0.846. The molecule has 0 aromatic carbocycles. The first-order chi connectivity index (χ1) is 21.0. The zero-order valence-electron chi connectivity index (χ0n) is 29.3. The van der Waals surface area contributed by atoms with Crippen LogP contribution in [0.1, 0.15) is 201 Å². The summed E-state index contributed by atoms with van der Waals surface area (Å²) in [4.78, 5) is 22.0. The molecule has 0 aromatic rings. The van der Waals surface area contributed by atoms with Gasteiger partial charge < -0.3 is 9.47 Å². The quantitative estimate of drug-likeness (QED) is 0.0434. The molecule has 0 aliphatic heterocycles. The Morgan fingerprint density at radius 1 is 0.465 bits per heavy atom. The third-order valence-corrected chi connectivity index (χ3v) is 7.99. The summed E-state index contributed by atoms with van der Waals surface area (Å²) in [6, 6.07) is 0. The highest BCUT2D eigenvalue weighted by Gasteiger charge is 2.02. The minimum atomic E-state index is -0.301. The van der Waals surface area contributed by atoms with Crippen LogP contribution in [0.4, 0.5) is 0 Å². The molecule has 0 unspecified atom stereocenters. The van der Waals surface area contributed by atoms with Gasteiger partial charge in [-0.1, -0.05) is 194 Å². The molecule has 0 aliphatic rings. The van der Waals surface area contributed by atoms with E-state index in [9.17, 15) is 9.59 Å². The van der Waals surface area contributed by atoms with Crippen LogP contribution in [-0.4, -0.2) is 25.2 Å². The maximum atomic E-state index is 11.2. The Morgan fingerprint density at radius 3 is 0.977 bits per heavy atom. The SMILES string of the molecule is C=C(C)C(=O)OCCCCCCCCCCCCCCCC.C=CC(=O)OCCCCCCCCCCCCCCCC. The molecule has 0 rings (SSSR count). The number of carbonyl (C=O) groups excluding carboxylic acids is 2. The van der Waals surface area contributed by atoms with Crippen LogP contribution >= 0.6 is 0 Å². The molecule has 0 aliphatic carbocycles. The van der Waals surface area contributed by atoms with Crippen molar-refractivity contribution in [1.29, 1.82) is 0 Å². The normalized spacial score (nSPS) is 10.6. The van der Waals surface area contributed by atoms with E-state index < -0.39 is 0 Å². The van der Waals surface area contributed by atoms with Gasteiger partial charge in [-0.2, -0.15) is 0 Å². The van der Waals surface area contributed by atoms with Gasteiger partial charge in [0, 0.05) is 11.6 Å². The summed E-state index contributed by atoms with van der Waals surface area (Å²) >= 11 is 0. The average Bonchev–Trinajstić information content (AvgIpc) is 3.01. The van der Waals surface area contributed by atoms with Crippen molar-refractivity contribution in [1.82, 2.24) is 0 Å². The van der Waals surface area contributed by atoms with Gasteiger partial charge in [-0.05, 0) is 19.8 Å². The summed E-state index contributed by atoms with van der Waals surface area (Å²) in [5.74, 6) is -0.556. The summed E-state index contributed by atoms with van der Waals surface area (Å²) in [6.45, 7) is 14.3. The second-order valence-corrected chi connectivity index (χ2v) is 12.5. The molecule has 0 bridgehead atoms. The Hall–Kier alpha value is -1.58. The van der Waals surface area contributed by atoms with Crippen molar-refractivity contribution < 1.29 is 19.1 Å². The van der Waals surface area contributed by atoms with Crippen molar-refractivity contribution in [3.8, 4) is 0 Å². The monoisotopic (exact) mass is 607 g/mol. The van der Waals surface area contributed by atoms with Crippen LogP contribution in [0.2, 0.25) is 0 Å². The third kappa shape index (κ3) is 40.4. The number of carbonyl (C=O) groups is 2. The Bertz CT molecular complexity index is 612. The summed E-state index contributed by atoms with van der Waals surface area (Å²) in [5.41, 5.74) is 0.491. The molecular weight excluding hydrogens is 532 g/mol. The van der Waals surface area contributed by atoms with Crippen molar-refractivity contribution in [3.63, 3.8) is 0 Å². The molecule has 0 radical (unpaired) electrons. The summed E-state index contributed by atoms with van der Waals surface area (Å²) in [6.07, 6.45) is 38.8. The molecule has 0 N–H and O–H groups in total. The molecule has 0 aromatic heterocycles. The Morgan fingerprint density at radius 2 is 0.721 bits per heavy atom. The number of ether oxygens (including phenoxy) is 2. The predicted molar refractivity (Wildman–Crippen MR) is 188 cm³/mol. The van der Waals surface area contributed by atoms with Gasteiger partial charge in [-0.3, -0.25) is 0 Å². The van der Waals surface area contributed by atoms with E-state index in [0.717, 1.165) is 12.8 Å². The summed E-state index contributed by atoms with van der Waals surface area (Å²) < 4.78 is 10.0. The average molecular weight is 607 g/mol. The Kier molecular flexibility index (Phi) is 38.9. The maximum Gasteiger partial charge on any atom is 0.333 e. The van der Waals surface area contributed by atoms with Crippen LogP contribution in [-0.2, 0) is 19.1 Å². The van der Waals surface area contributed by atoms with E-state index in [1.165, 1.54) is 173 Å². The van der Waals surface area contributed by atoms with E-state index in [0.29, 0.717) is 18.8 Å². The number of hydrogen-bond acceptors (Lipinski definition) is 4. The topological polar surface area (TPSA) is 52.6 Å². The molecular formula is C39H74O4. The first-order valence-corrected chi connectivity index (χ1v) is 18.6. The lowest BCUT2D eigenvalue weighted by Gasteiger charge is -2.04. The van der Waals surface area contributed by atoms with E-state index in [1.807, 2.05) is 0 Å². The van der Waals surface area contributed by atoms with Gasteiger partial charge in [0.2, 0.25) is 0 Å². The molecule has 4 heteroatoms. The molecule has 43 heavy (non-hydrogen) atoms. The highest BCUT2D eigenvalue weighted by atomic mass is 16.5. The highest BCUT2D eigenvalue weighted by Crippen LogP contribution is 2.14. The van der Waals surface area contributed by atoms with Crippen molar-refractivity contribution in [2.45, 2.75) is 201 Å². The molecule has 4 nitrogen and oxygen atoms in total. The summed E-state index contributed by atoms with van der Waals surface area (Å²) in [5, 5.41) is 0. The van der Waals surface area contributed by atoms with Crippen LogP contribution in [0.3, 0.4) is 0 Å². The lowest BCUT2D eigenvalue weighted by atomic mass is 10.0. The van der Waals surface area contributed by atoms with Gasteiger partial charge >= 0.3 is 11.9 Å². The van der Waals surface area contributed by atoms with Gasteiger partial charge in [-0.25, -0.2) is 9.59 Å². The molecule has 0 heterocycles. The Labute approximate surface area is 269 Å². The lowest BCUT2D eigenvalue weighted by molar-refractivity contribution is -0.139.